The number of nitrogens with zero attached hydrogens (tertiary/aromatic N) is 1. The Morgan fingerprint density at radius 1 is 1.47 bits per heavy atom. The van der Waals surface area contributed by atoms with Crippen molar-refractivity contribution in [3.8, 4) is 0 Å². The van der Waals surface area contributed by atoms with E-state index in [9.17, 15) is 4.79 Å². The second-order valence-electron chi connectivity index (χ2n) is 3.87. The quantitative estimate of drug-likeness (QED) is 0.786. The summed E-state index contributed by atoms with van der Waals surface area (Å²) >= 11 is 0. The van der Waals surface area contributed by atoms with Gasteiger partial charge in [-0.3, -0.25) is 4.90 Å². The molecular formula is C13H19NO3. The molecule has 1 aromatic rings. The van der Waals surface area contributed by atoms with Gasteiger partial charge in [-0.05, 0) is 24.2 Å². The van der Waals surface area contributed by atoms with Crippen LogP contribution in [-0.4, -0.2) is 42.8 Å². The molecule has 0 saturated heterocycles. The zero-order valence-corrected chi connectivity index (χ0v) is 10.3. The Kier molecular flexibility index (Phi) is 5.66. The first kappa shape index (κ1) is 13.7. The highest BCUT2D eigenvalue weighted by Gasteiger charge is 2.06. The van der Waals surface area contributed by atoms with E-state index in [1.54, 1.807) is 25.3 Å². The smallest absolute Gasteiger partial charge is 0.335 e. The Hall–Kier alpha value is -1.39. The second kappa shape index (κ2) is 7.04. The van der Waals surface area contributed by atoms with Gasteiger partial charge in [-0.25, -0.2) is 4.79 Å². The fourth-order valence-electron chi connectivity index (χ4n) is 1.63. The van der Waals surface area contributed by atoms with Crippen LogP contribution in [0.1, 0.15) is 22.8 Å². The summed E-state index contributed by atoms with van der Waals surface area (Å²) in [4.78, 5) is 13.1. The van der Waals surface area contributed by atoms with Crippen molar-refractivity contribution in [2.24, 2.45) is 0 Å². The molecule has 1 N–H and O–H groups in total. The lowest BCUT2D eigenvalue weighted by atomic mass is 10.1. The van der Waals surface area contributed by atoms with E-state index in [-0.39, 0.29) is 0 Å². The molecule has 0 amide bonds. The van der Waals surface area contributed by atoms with E-state index in [1.807, 2.05) is 6.07 Å². The molecule has 0 saturated carbocycles. The molecule has 0 radical (unpaired) electrons. The lowest BCUT2D eigenvalue weighted by molar-refractivity contribution is 0.0696. The monoisotopic (exact) mass is 237 g/mol. The van der Waals surface area contributed by atoms with Crippen LogP contribution in [-0.2, 0) is 11.3 Å². The molecule has 0 aromatic heterocycles. The van der Waals surface area contributed by atoms with Gasteiger partial charge in [-0.15, -0.1) is 0 Å². The van der Waals surface area contributed by atoms with Crippen LogP contribution in [0.15, 0.2) is 24.3 Å². The van der Waals surface area contributed by atoms with Crippen molar-refractivity contribution < 1.29 is 14.6 Å². The summed E-state index contributed by atoms with van der Waals surface area (Å²) in [5.41, 5.74) is 1.35. The third-order valence-electron chi connectivity index (χ3n) is 2.64. The molecule has 4 nitrogen and oxygen atoms in total. The maximum atomic E-state index is 10.8. The van der Waals surface area contributed by atoms with E-state index in [0.29, 0.717) is 12.2 Å². The van der Waals surface area contributed by atoms with Crippen molar-refractivity contribution in [1.82, 2.24) is 4.90 Å². The zero-order chi connectivity index (χ0) is 12.7. The number of rotatable bonds is 7. The third kappa shape index (κ3) is 4.54. The van der Waals surface area contributed by atoms with Crippen LogP contribution in [0.3, 0.4) is 0 Å². The van der Waals surface area contributed by atoms with Crippen LogP contribution < -0.4 is 0 Å². The van der Waals surface area contributed by atoms with Gasteiger partial charge in [0.2, 0.25) is 0 Å². The second-order valence-corrected chi connectivity index (χ2v) is 3.87. The Balaban J connectivity index is 2.65. The van der Waals surface area contributed by atoms with Crippen molar-refractivity contribution >= 4 is 5.97 Å². The number of likely N-dealkylation sites (N-methyl/N-ethyl adjacent to an activating group) is 1. The molecule has 0 aliphatic carbocycles. The first-order valence-electron chi connectivity index (χ1n) is 5.71. The van der Waals surface area contributed by atoms with Crippen LogP contribution in [0.25, 0.3) is 0 Å². The number of ether oxygens (including phenoxy) is 1. The molecule has 1 aromatic carbocycles. The van der Waals surface area contributed by atoms with Gasteiger partial charge in [-0.2, -0.15) is 0 Å². The molecule has 1 rings (SSSR count). The number of hydrogen-bond donors (Lipinski definition) is 1. The standard InChI is InChI=1S/C13H19NO3/c1-3-14(7-8-17-2)10-11-5-4-6-12(9-11)13(15)16/h4-6,9H,3,7-8,10H2,1-2H3,(H,15,16). The topological polar surface area (TPSA) is 49.8 Å². The lowest BCUT2D eigenvalue weighted by Gasteiger charge is -2.20. The van der Waals surface area contributed by atoms with E-state index >= 15 is 0 Å². The summed E-state index contributed by atoms with van der Waals surface area (Å²) < 4.78 is 5.04. The average Bonchev–Trinajstić information content (AvgIpc) is 2.34. The summed E-state index contributed by atoms with van der Waals surface area (Å²) in [6, 6.07) is 7.06. The predicted octanol–water partition coefficient (Wildman–Crippen LogP) is 1.85. The van der Waals surface area contributed by atoms with Crippen molar-refractivity contribution in [2.75, 3.05) is 26.8 Å². The number of benzene rings is 1. The summed E-state index contributed by atoms with van der Waals surface area (Å²) in [5, 5.41) is 8.91. The first-order valence-corrected chi connectivity index (χ1v) is 5.71. The van der Waals surface area contributed by atoms with Gasteiger partial charge >= 0.3 is 5.97 Å². The minimum atomic E-state index is -0.883. The third-order valence-corrected chi connectivity index (χ3v) is 2.64. The first-order chi connectivity index (χ1) is 8.17. The van der Waals surface area contributed by atoms with Gasteiger partial charge < -0.3 is 9.84 Å². The zero-order valence-electron chi connectivity index (χ0n) is 10.3. The average molecular weight is 237 g/mol. The predicted molar refractivity (Wildman–Crippen MR) is 66.2 cm³/mol. The molecule has 0 bridgehead atoms. The van der Waals surface area contributed by atoms with E-state index in [2.05, 4.69) is 11.8 Å². The Labute approximate surface area is 102 Å². The number of carbonyl (C=O) groups is 1. The van der Waals surface area contributed by atoms with Crippen LogP contribution >= 0.6 is 0 Å². The number of hydrogen-bond acceptors (Lipinski definition) is 3. The largest absolute Gasteiger partial charge is 0.478 e. The van der Waals surface area contributed by atoms with Crippen molar-refractivity contribution in [2.45, 2.75) is 13.5 Å². The minimum Gasteiger partial charge on any atom is -0.478 e. The van der Waals surface area contributed by atoms with Crippen LogP contribution in [0.2, 0.25) is 0 Å². The fourth-order valence-corrected chi connectivity index (χ4v) is 1.63. The molecule has 0 heterocycles. The molecule has 0 aliphatic heterocycles. The molecule has 0 aliphatic rings. The molecule has 0 unspecified atom stereocenters. The van der Waals surface area contributed by atoms with Gasteiger partial charge in [0.25, 0.3) is 0 Å². The number of methoxy groups -OCH3 is 1. The summed E-state index contributed by atoms with van der Waals surface area (Å²) in [6.07, 6.45) is 0. The summed E-state index contributed by atoms with van der Waals surface area (Å²) in [5.74, 6) is -0.883. The highest BCUT2D eigenvalue weighted by Crippen LogP contribution is 2.08. The van der Waals surface area contributed by atoms with Crippen LogP contribution in [0.5, 0.6) is 0 Å². The molecule has 0 fully saturated rings. The van der Waals surface area contributed by atoms with Crippen LogP contribution in [0.4, 0.5) is 0 Å². The van der Waals surface area contributed by atoms with Crippen molar-refractivity contribution in [3.63, 3.8) is 0 Å². The molecular weight excluding hydrogens is 218 g/mol. The lowest BCUT2D eigenvalue weighted by Crippen LogP contribution is -2.26. The molecule has 4 heteroatoms. The maximum absolute atomic E-state index is 10.8. The highest BCUT2D eigenvalue weighted by molar-refractivity contribution is 5.87. The highest BCUT2D eigenvalue weighted by atomic mass is 16.5. The van der Waals surface area contributed by atoms with Crippen molar-refractivity contribution in [3.05, 3.63) is 35.4 Å². The molecule has 0 atom stereocenters. The van der Waals surface area contributed by atoms with Gasteiger partial charge in [0.05, 0.1) is 12.2 Å². The number of carboxylic acids is 1. The molecule has 94 valence electrons. The van der Waals surface area contributed by atoms with E-state index < -0.39 is 5.97 Å². The van der Waals surface area contributed by atoms with E-state index in [1.165, 1.54) is 0 Å². The van der Waals surface area contributed by atoms with Crippen molar-refractivity contribution in [1.29, 1.82) is 0 Å². The maximum Gasteiger partial charge on any atom is 0.335 e. The Morgan fingerprint density at radius 2 is 2.24 bits per heavy atom. The summed E-state index contributed by atoms with van der Waals surface area (Å²) in [6.45, 7) is 5.29. The van der Waals surface area contributed by atoms with Crippen LogP contribution in [0, 0.1) is 0 Å². The number of aromatic carboxylic acids is 1. The fraction of sp³-hybridized carbons (Fsp3) is 0.462. The van der Waals surface area contributed by atoms with Gasteiger partial charge in [0, 0.05) is 20.2 Å². The van der Waals surface area contributed by atoms with E-state index in [4.69, 9.17) is 9.84 Å². The van der Waals surface area contributed by atoms with E-state index in [0.717, 1.165) is 25.2 Å². The normalized spacial score (nSPS) is 10.8. The molecule has 0 spiro atoms. The SMILES string of the molecule is CCN(CCOC)Cc1cccc(C(=O)O)c1. The van der Waals surface area contributed by atoms with Gasteiger partial charge in [-0.1, -0.05) is 19.1 Å². The van der Waals surface area contributed by atoms with Gasteiger partial charge in [0.1, 0.15) is 0 Å². The van der Waals surface area contributed by atoms with Gasteiger partial charge in [0.15, 0.2) is 0 Å². The minimum absolute atomic E-state index is 0.338. The Bertz CT molecular complexity index is 365. The molecule has 17 heavy (non-hydrogen) atoms. The Morgan fingerprint density at radius 3 is 2.82 bits per heavy atom. The summed E-state index contributed by atoms with van der Waals surface area (Å²) in [7, 11) is 1.68. The number of carboxylic acid groups (broad SMARTS) is 1.